The molecule has 2 aliphatic rings. The average Bonchev–Trinajstić information content (AvgIpc) is 3.41. The number of rotatable bonds is 8. The van der Waals surface area contributed by atoms with Crippen molar-refractivity contribution in [2.75, 3.05) is 20.7 Å². The number of aryl methyl sites for hydroxylation is 1. The van der Waals surface area contributed by atoms with Crippen LogP contribution in [0.1, 0.15) is 69.4 Å². The third-order valence-corrected chi connectivity index (χ3v) is 7.92. The molecular formula is C28H38ClN5O3. The second-order valence-electron chi connectivity index (χ2n) is 10.2. The Morgan fingerprint density at radius 2 is 1.86 bits per heavy atom. The Morgan fingerprint density at radius 3 is 2.57 bits per heavy atom. The van der Waals surface area contributed by atoms with Gasteiger partial charge in [0.25, 0.3) is 0 Å². The van der Waals surface area contributed by atoms with Crippen molar-refractivity contribution < 1.29 is 14.3 Å². The van der Waals surface area contributed by atoms with Crippen LogP contribution < -0.4 is 15.4 Å². The van der Waals surface area contributed by atoms with Gasteiger partial charge in [0, 0.05) is 17.1 Å². The SMILES string of the molecule is CNC(C)C(=O)NC(C(=O)N1CCCC1c1cc(-c2cc(Cl)ccc2OC)nc(C)n1)C1CCCCC1. The fourth-order valence-electron chi connectivity index (χ4n) is 5.55. The smallest absolute Gasteiger partial charge is 0.246 e. The highest BCUT2D eigenvalue weighted by molar-refractivity contribution is 6.31. The molecule has 0 spiro atoms. The molecule has 2 amide bonds. The van der Waals surface area contributed by atoms with Gasteiger partial charge in [0.05, 0.1) is 30.6 Å². The van der Waals surface area contributed by atoms with Crippen molar-refractivity contribution in [2.45, 2.75) is 76.9 Å². The normalized spacial score (nSPS) is 19.9. The van der Waals surface area contributed by atoms with Crippen LogP contribution in [0.3, 0.4) is 0 Å². The fourth-order valence-corrected chi connectivity index (χ4v) is 5.73. The molecule has 3 atom stereocenters. The third-order valence-electron chi connectivity index (χ3n) is 7.68. The van der Waals surface area contributed by atoms with Crippen molar-refractivity contribution in [3.63, 3.8) is 0 Å². The van der Waals surface area contributed by atoms with Crippen molar-refractivity contribution in [3.05, 3.63) is 40.8 Å². The van der Waals surface area contributed by atoms with E-state index in [2.05, 4.69) is 15.6 Å². The van der Waals surface area contributed by atoms with E-state index in [1.54, 1.807) is 20.2 Å². The number of aromatic nitrogens is 2. The number of ether oxygens (including phenoxy) is 1. The minimum absolute atomic E-state index is 0.01000. The first-order chi connectivity index (χ1) is 17.8. The molecule has 8 nitrogen and oxygen atoms in total. The monoisotopic (exact) mass is 527 g/mol. The first-order valence-corrected chi connectivity index (χ1v) is 13.7. The highest BCUT2D eigenvalue weighted by Crippen LogP contribution is 2.37. The molecular weight excluding hydrogens is 490 g/mol. The zero-order valence-electron chi connectivity index (χ0n) is 22.2. The predicted molar refractivity (Wildman–Crippen MR) is 144 cm³/mol. The van der Waals surface area contributed by atoms with Gasteiger partial charge in [0.1, 0.15) is 17.6 Å². The minimum Gasteiger partial charge on any atom is -0.496 e. The lowest BCUT2D eigenvalue weighted by Gasteiger charge is -2.35. The van der Waals surface area contributed by atoms with Gasteiger partial charge in [0.15, 0.2) is 0 Å². The maximum atomic E-state index is 14.1. The van der Waals surface area contributed by atoms with E-state index in [-0.39, 0.29) is 29.8 Å². The van der Waals surface area contributed by atoms with Gasteiger partial charge in [-0.05, 0) is 76.8 Å². The highest BCUT2D eigenvalue weighted by Gasteiger charge is 2.39. The van der Waals surface area contributed by atoms with E-state index in [9.17, 15) is 9.59 Å². The number of carbonyl (C=O) groups excluding carboxylic acids is 2. The number of hydrogen-bond acceptors (Lipinski definition) is 6. The molecule has 1 aliphatic heterocycles. The van der Waals surface area contributed by atoms with Crippen LogP contribution in [-0.4, -0.2) is 59.5 Å². The summed E-state index contributed by atoms with van der Waals surface area (Å²) in [6, 6.07) is 6.31. The van der Waals surface area contributed by atoms with Crippen LogP contribution >= 0.6 is 11.6 Å². The van der Waals surface area contributed by atoms with Gasteiger partial charge in [0.2, 0.25) is 11.8 Å². The second kappa shape index (κ2) is 12.2. The van der Waals surface area contributed by atoms with Gasteiger partial charge in [-0.1, -0.05) is 30.9 Å². The Hall–Kier alpha value is -2.71. The van der Waals surface area contributed by atoms with E-state index in [0.717, 1.165) is 49.8 Å². The summed E-state index contributed by atoms with van der Waals surface area (Å²) in [6.45, 7) is 4.31. The number of halogens is 1. The molecule has 2 N–H and O–H groups in total. The summed E-state index contributed by atoms with van der Waals surface area (Å²) >= 11 is 6.29. The molecule has 3 unspecified atom stereocenters. The first kappa shape index (κ1) is 27.3. The second-order valence-corrected chi connectivity index (χ2v) is 10.6. The Balaban J connectivity index is 1.65. The molecule has 4 rings (SSSR count). The van der Waals surface area contributed by atoms with Crippen molar-refractivity contribution in [2.24, 2.45) is 5.92 Å². The quantitative estimate of drug-likeness (QED) is 0.526. The standard InChI is InChI=1S/C28H38ClN5O3/c1-17(30-3)27(35)33-26(19-9-6-5-7-10-19)28(36)34-14-8-11-24(34)23-16-22(31-18(2)32-23)21-15-20(29)12-13-25(21)37-4/h12-13,15-17,19,24,26,30H,5-11,14H2,1-4H3,(H,33,35). The Morgan fingerprint density at radius 1 is 1.11 bits per heavy atom. The van der Waals surface area contributed by atoms with Crippen LogP contribution in [-0.2, 0) is 9.59 Å². The number of likely N-dealkylation sites (tertiary alicyclic amines) is 1. The summed E-state index contributed by atoms with van der Waals surface area (Å²) in [6.07, 6.45) is 6.96. The van der Waals surface area contributed by atoms with Gasteiger partial charge in [-0.3, -0.25) is 9.59 Å². The maximum absolute atomic E-state index is 14.1. The average molecular weight is 528 g/mol. The van der Waals surface area contributed by atoms with Crippen molar-refractivity contribution in [1.29, 1.82) is 0 Å². The van der Waals surface area contributed by atoms with Gasteiger partial charge in [-0.2, -0.15) is 0 Å². The highest BCUT2D eigenvalue weighted by atomic mass is 35.5. The number of nitrogens with zero attached hydrogens (tertiary/aromatic N) is 3. The number of carbonyl (C=O) groups is 2. The van der Waals surface area contributed by atoms with Gasteiger partial charge in [-0.15, -0.1) is 0 Å². The molecule has 1 aliphatic carbocycles. The molecule has 1 aromatic heterocycles. The number of methoxy groups -OCH3 is 1. The molecule has 9 heteroatoms. The Kier molecular flexibility index (Phi) is 9.03. The summed E-state index contributed by atoms with van der Waals surface area (Å²) < 4.78 is 5.55. The van der Waals surface area contributed by atoms with Gasteiger partial charge in [-0.25, -0.2) is 9.97 Å². The van der Waals surface area contributed by atoms with E-state index in [0.29, 0.717) is 28.8 Å². The lowest BCUT2D eigenvalue weighted by molar-refractivity contribution is -0.139. The fraction of sp³-hybridized carbons (Fsp3) is 0.571. The van der Waals surface area contributed by atoms with E-state index in [1.165, 1.54) is 6.42 Å². The summed E-state index contributed by atoms with van der Waals surface area (Å²) in [7, 11) is 3.37. The molecule has 0 bridgehead atoms. The van der Waals surface area contributed by atoms with Crippen LogP contribution in [0.4, 0.5) is 0 Å². The molecule has 1 saturated heterocycles. The molecule has 2 fully saturated rings. The van der Waals surface area contributed by atoms with Crippen LogP contribution in [0.15, 0.2) is 24.3 Å². The number of amides is 2. The first-order valence-electron chi connectivity index (χ1n) is 13.3. The van der Waals surface area contributed by atoms with Gasteiger partial charge < -0.3 is 20.3 Å². The summed E-state index contributed by atoms with van der Waals surface area (Å²) in [5.74, 6) is 1.29. The molecule has 37 heavy (non-hydrogen) atoms. The number of benzene rings is 1. The van der Waals surface area contributed by atoms with Crippen LogP contribution in [0.5, 0.6) is 5.75 Å². The molecule has 2 aromatic rings. The molecule has 1 aromatic carbocycles. The minimum atomic E-state index is -0.528. The van der Waals surface area contributed by atoms with Crippen LogP contribution in [0.25, 0.3) is 11.3 Å². The molecule has 2 heterocycles. The lowest BCUT2D eigenvalue weighted by atomic mass is 9.83. The van der Waals surface area contributed by atoms with Crippen molar-refractivity contribution >= 4 is 23.4 Å². The zero-order chi connectivity index (χ0) is 26.5. The summed E-state index contributed by atoms with van der Waals surface area (Å²) in [4.78, 5) is 38.2. The largest absolute Gasteiger partial charge is 0.496 e. The summed E-state index contributed by atoms with van der Waals surface area (Å²) in [5.41, 5.74) is 2.29. The van der Waals surface area contributed by atoms with E-state index >= 15 is 0 Å². The number of likely N-dealkylation sites (N-methyl/N-ethyl adjacent to an activating group) is 1. The van der Waals surface area contributed by atoms with E-state index in [4.69, 9.17) is 21.3 Å². The Labute approximate surface area is 224 Å². The molecule has 0 radical (unpaired) electrons. The number of hydrogen-bond donors (Lipinski definition) is 2. The molecule has 1 saturated carbocycles. The predicted octanol–water partition coefficient (Wildman–Crippen LogP) is 4.45. The number of nitrogens with one attached hydrogen (secondary N) is 2. The Bertz CT molecular complexity index is 1120. The molecule has 200 valence electrons. The zero-order valence-corrected chi connectivity index (χ0v) is 23.0. The van der Waals surface area contributed by atoms with Crippen LogP contribution in [0, 0.1) is 12.8 Å². The topological polar surface area (TPSA) is 96.5 Å². The lowest BCUT2D eigenvalue weighted by Crippen LogP contribution is -2.55. The van der Waals surface area contributed by atoms with Crippen LogP contribution in [0.2, 0.25) is 5.02 Å². The maximum Gasteiger partial charge on any atom is 0.246 e. The third kappa shape index (κ3) is 6.24. The summed E-state index contributed by atoms with van der Waals surface area (Å²) in [5, 5.41) is 6.67. The van der Waals surface area contributed by atoms with E-state index < -0.39 is 6.04 Å². The van der Waals surface area contributed by atoms with Gasteiger partial charge >= 0.3 is 0 Å². The van der Waals surface area contributed by atoms with Crippen molar-refractivity contribution in [1.82, 2.24) is 25.5 Å². The van der Waals surface area contributed by atoms with Crippen molar-refractivity contribution in [3.8, 4) is 17.0 Å². The van der Waals surface area contributed by atoms with E-state index in [1.807, 2.05) is 36.9 Å².